The van der Waals surface area contributed by atoms with Crippen LogP contribution in [0.1, 0.15) is 20.3 Å². The molecule has 0 spiro atoms. The Balaban J connectivity index is 3.25. The zero-order chi connectivity index (χ0) is 6.41. The van der Waals surface area contributed by atoms with Crippen molar-refractivity contribution < 1.29 is 0 Å². The van der Waals surface area contributed by atoms with Gasteiger partial charge in [0.2, 0.25) is 0 Å². The van der Waals surface area contributed by atoms with Crippen molar-refractivity contribution in [3.05, 3.63) is 11.5 Å². The van der Waals surface area contributed by atoms with E-state index < -0.39 is 0 Å². The van der Waals surface area contributed by atoms with Gasteiger partial charge in [0.1, 0.15) is 0 Å². The summed E-state index contributed by atoms with van der Waals surface area (Å²) in [5.74, 6) is 0. The van der Waals surface area contributed by atoms with E-state index in [2.05, 4.69) is 0 Å². The van der Waals surface area contributed by atoms with Gasteiger partial charge >= 0.3 is 0 Å². The standard InChI is InChI=1S/C6H11NS/c1-3-5-8-6(7)4-2/h3,5,7H,4H2,1-2H3/b5-3-,7-6?. The highest BCUT2D eigenvalue weighted by Gasteiger charge is 1.85. The molecular formula is C6H11NS. The Labute approximate surface area is 54.7 Å². The number of hydrogen-bond donors (Lipinski definition) is 1. The van der Waals surface area contributed by atoms with Crippen molar-refractivity contribution in [2.75, 3.05) is 0 Å². The molecule has 0 atom stereocenters. The minimum absolute atomic E-state index is 0.725. The number of rotatable bonds is 2. The van der Waals surface area contributed by atoms with E-state index in [0.717, 1.165) is 11.5 Å². The minimum atomic E-state index is 0.725. The molecule has 0 saturated carbocycles. The van der Waals surface area contributed by atoms with Crippen molar-refractivity contribution in [2.24, 2.45) is 0 Å². The van der Waals surface area contributed by atoms with Crippen LogP contribution in [0.2, 0.25) is 0 Å². The zero-order valence-electron chi connectivity index (χ0n) is 5.27. The Morgan fingerprint density at radius 1 is 1.75 bits per heavy atom. The zero-order valence-corrected chi connectivity index (χ0v) is 6.09. The number of allylic oxidation sites excluding steroid dienone is 1. The smallest absolute Gasteiger partial charge is 0.0680 e. The fraction of sp³-hybridized carbons (Fsp3) is 0.500. The van der Waals surface area contributed by atoms with Crippen LogP contribution in [-0.2, 0) is 0 Å². The van der Waals surface area contributed by atoms with Crippen LogP contribution in [0.3, 0.4) is 0 Å². The van der Waals surface area contributed by atoms with Crippen LogP contribution in [0.25, 0.3) is 0 Å². The predicted octanol–water partition coefficient (Wildman–Crippen LogP) is 2.64. The Morgan fingerprint density at radius 3 is 2.75 bits per heavy atom. The number of thioether (sulfide) groups is 1. The van der Waals surface area contributed by atoms with E-state index >= 15 is 0 Å². The van der Waals surface area contributed by atoms with Gasteiger partial charge in [0.25, 0.3) is 0 Å². The Kier molecular flexibility index (Phi) is 4.76. The lowest BCUT2D eigenvalue weighted by atomic mass is 10.5. The van der Waals surface area contributed by atoms with Gasteiger partial charge < -0.3 is 0 Å². The predicted molar refractivity (Wildman–Crippen MR) is 40.4 cm³/mol. The largest absolute Gasteiger partial charge is 0.298 e. The maximum absolute atomic E-state index is 7.15. The first-order chi connectivity index (χ1) is 3.81. The molecule has 8 heavy (non-hydrogen) atoms. The first-order valence-electron chi connectivity index (χ1n) is 2.66. The van der Waals surface area contributed by atoms with Crippen LogP contribution in [0, 0.1) is 5.41 Å². The van der Waals surface area contributed by atoms with E-state index in [9.17, 15) is 0 Å². The van der Waals surface area contributed by atoms with Gasteiger partial charge in [0, 0.05) is 0 Å². The second-order valence-electron chi connectivity index (χ2n) is 1.36. The van der Waals surface area contributed by atoms with Crippen molar-refractivity contribution in [2.45, 2.75) is 20.3 Å². The Hall–Kier alpha value is -0.240. The minimum Gasteiger partial charge on any atom is -0.298 e. The molecule has 2 heteroatoms. The highest BCUT2D eigenvalue weighted by molar-refractivity contribution is 8.16. The van der Waals surface area contributed by atoms with Crippen LogP contribution >= 0.6 is 11.8 Å². The van der Waals surface area contributed by atoms with Crippen molar-refractivity contribution in [1.29, 1.82) is 5.41 Å². The van der Waals surface area contributed by atoms with Gasteiger partial charge in [0.05, 0.1) is 5.04 Å². The van der Waals surface area contributed by atoms with Crippen molar-refractivity contribution in [1.82, 2.24) is 0 Å². The molecule has 46 valence electrons. The third-order valence-electron chi connectivity index (χ3n) is 0.667. The molecule has 1 N–H and O–H groups in total. The highest BCUT2D eigenvalue weighted by atomic mass is 32.2. The summed E-state index contributed by atoms with van der Waals surface area (Å²) >= 11 is 1.48. The van der Waals surface area contributed by atoms with Gasteiger partial charge in [-0.1, -0.05) is 24.8 Å². The molecule has 0 aromatic rings. The summed E-state index contributed by atoms with van der Waals surface area (Å²) in [5.41, 5.74) is 0. The lowest BCUT2D eigenvalue weighted by Crippen LogP contribution is -1.79. The second-order valence-corrected chi connectivity index (χ2v) is 2.36. The van der Waals surface area contributed by atoms with Gasteiger partial charge in [-0.25, -0.2) is 0 Å². The molecule has 0 aromatic heterocycles. The Bertz CT molecular complexity index is 96.7. The average Bonchev–Trinajstić information content (AvgIpc) is 1.83. The fourth-order valence-corrected chi connectivity index (χ4v) is 0.701. The molecule has 0 aliphatic heterocycles. The Morgan fingerprint density at radius 2 is 2.38 bits per heavy atom. The average molecular weight is 129 g/mol. The quantitative estimate of drug-likeness (QED) is 0.449. The van der Waals surface area contributed by atoms with Gasteiger partial charge in [0.15, 0.2) is 0 Å². The summed E-state index contributed by atoms with van der Waals surface area (Å²) in [6, 6.07) is 0. The molecule has 0 aliphatic carbocycles. The van der Waals surface area contributed by atoms with Gasteiger partial charge in [-0.3, -0.25) is 5.41 Å². The molecule has 0 aromatic carbocycles. The lowest BCUT2D eigenvalue weighted by Gasteiger charge is -1.89. The molecule has 0 radical (unpaired) electrons. The molecule has 0 heterocycles. The third kappa shape index (κ3) is 3.93. The SMILES string of the molecule is C/C=C\SC(=N)CC. The molecule has 1 nitrogen and oxygen atoms in total. The van der Waals surface area contributed by atoms with E-state index in [1.165, 1.54) is 11.8 Å². The maximum atomic E-state index is 7.15. The van der Waals surface area contributed by atoms with Crippen LogP contribution < -0.4 is 0 Å². The van der Waals surface area contributed by atoms with Crippen molar-refractivity contribution in [3.8, 4) is 0 Å². The van der Waals surface area contributed by atoms with Crippen LogP contribution in [0.4, 0.5) is 0 Å². The highest BCUT2D eigenvalue weighted by Crippen LogP contribution is 2.05. The van der Waals surface area contributed by atoms with Crippen molar-refractivity contribution >= 4 is 16.8 Å². The van der Waals surface area contributed by atoms with Gasteiger partial charge in [-0.15, -0.1) is 0 Å². The topological polar surface area (TPSA) is 23.9 Å². The fourth-order valence-electron chi connectivity index (χ4n) is 0.234. The monoisotopic (exact) mass is 129 g/mol. The van der Waals surface area contributed by atoms with E-state index in [-0.39, 0.29) is 0 Å². The molecule has 0 rings (SSSR count). The summed E-state index contributed by atoms with van der Waals surface area (Å²) in [6.45, 7) is 3.94. The first kappa shape index (κ1) is 7.76. The molecule has 0 amide bonds. The third-order valence-corrected chi connectivity index (χ3v) is 1.65. The van der Waals surface area contributed by atoms with Crippen LogP contribution in [0.5, 0.6) is 0 Å². The molecule has 0 aliphatic rings. The normalized spacial score (nSPS) is 10.2. The van der Waals surface area contributed by atoms with E-state index in [1.54, 1.807) is 0 Å². The van der Waals surface area contributed by atoms with E-state index in [1.807, 2.05) is 25.3 Å². The van der Waals surface area contributed by atoms with E-state index in [4.69, 9.17) is 5.41 Å². The molecule has 0 fully saturated rings. The van der Waals surface area contributed by atoms with Crippen molar-refractivity contribution in [3.63, 3.8) is 0 Å². The first-order valence-corrected chi connectivity index (χ1v) is 3.54. The summed E-state index contributed by atoms with van der Waals surface area (Å²) in [7, 11) is 0. The van der Waals surface area contributed by atoms with E-state index in [0.29, 0.717) is 0 Å². The molecule has 0 unspecified atom stereocenters. The number of nitrogens with one attached hydrogen (secondary N) is 1. The summed E-state index contributed by atoms with van der Waals surface area (Å²) < 4.78 is 0. The summed E-state index contributed by atoms with van der Waals surface area (Å²) in [4.78, 5) is 0. The molecular weight excluding hydrogens is 118 g/mol. The second kappa shape index (κ2) is 4.91. The van der Waals surface area contributed by atoms with Gasteiger partial charge in [-0.2, -0.15) is 0 Å². The number of hydrogen-bond acceptors (Lipinski definition) is 2. The lowest BCUT2D eigenvalue weighted by molar-refractivity contribution is 1.28. The molecule has 0 bridgehead atoms. The van der Waals surface area contributed by atoms with Crippen LogP contribution in [-0.4, -0.2) is 5.04 Å². The summed E-state index contributed by atoms with van der Waals surface area (Å²) in [5, 5.41) is 9.80. The van der Waals surface area contributed by atoms with Crippen LogP contribution in [0.15, 0.2) is 11.5 Å². The summed E-state index contributed by atoms with van der Waals surface area (Å²) in [6.07, 6.45) is 2.78. The van der Waals surface area contributed by atoms with Gasteiger partial charge in [-0.05, 0) is 18.8 Å². The maximum Gasteiger partial charge on any atom is 0.0680 e. The molecule has 0 saturated heterocycles.